The van der Waals surface area contributed by atoms with E-state index in [1.54, 1.807) is 0 Å². The zero-order valence-corrected chi connectivity index (χ0v) is 15.1. The third-order valence-electron chi connectivity index (χ3n) is 4.04. The van der Waals surface area contributed by atoms with Crippen molar-refractivity contribution in [2.45, 2.75) is 12.8 Å². The molecule has 0 radical (unpaired) electrons. The first-order chi connectivity index (χ1) is 13.9. The Morgan fingerprint density at radius 3 is 2.14 bits per heavy atom. The summed E-state index contributed by atoms with van der Waals surface area (Å²) < 4.78 is 27.4. The fourth-order valence-electron chi connectivity index (χ4n) is 2.53. The summed E-state index contributed by atoms with van der Waals surface area (Å²) in [7, 11) is 0. The second-order valence-corrected chi connectivity index (χ2v) is 6.06. The van der Waals surface area contributed by atoms with E-state index in [0.29, 0.717) is 11.3 Å². The van der Waals surface area contributed by atoms with Gasteiger partial charge in [-0.15, -0.1) is 0 Å². The van der Waals surface area contributed by atoms with Gasteiger partial charge in [0.05, 0.1) is 12.5 Å². The molecule has 7 nitrogen and oxygen atoms in total. The van der Waals surface area contributed by atoms with E-state index in [0.717, 1.165) is 12.1 Å². The quantitative estimate of drug-likeness (QED) is 0.493. The first-order valence-electron chi connectivity index (χ1n) is 8.60. The van der Waals surface area contributed by atoms with Crippen molar-refractivity contribution < 1.29 is 23.2 Å². The number of imidazole rings is 1. The molecule has 148 valence electrons. The van der Waals surface area contributed by atoms with Crippen LogP contribution in [0.15, 0.2) is 61.1 Å². The number of nitrogens with one attached hydrogen (secondary N) is 2. The monoisotopic (exact) mass is 398 g/mol. The molecule has 0 spiro atoms. The second kappa shape index (κ2) is 8.87. The first kappa shape index (κ1) is 19.9. The Bertz CT molecular complexity index is 1030. The van der Waals surface area contributed by atoms with Crippen LogP contribution in [0.5, 0.6) is 0 Å². The van der Waals surface area contributed by atoms with Gasteiger partial charge in [0.1, 0.15) is 17.3 Å². The standard InChI is InChI=1S/C20H16F2N4O3/c21-14-3-1-13(2-4-14)18(27)9-10-19(28)24-25-20(29)17-11-23-12-26(17)16-7-5-15(22)6-8-16/h1-8,11-12H,9-10H2,(H,24,28)(H,25,29). The summed E-state index contributed by atoms with van der Waals surface area (Å²) in [6.07, 6.45) is 2.42. The predicted octanol–water partition coefficient (Wildman–Crippen LogP) is 2.57. The Morgan fingerprint density at radius 2 is 1.48 bits per heavy atom. The molecule has 0 aliphatic carbocycles. The molecule has 9 heteroatoms. The number of benzene rings is 2. The fourth-order valence-corrected chi connectivity index (χ4v) is 2.53. The van der Waals surface area contributed by atoms with E-state index in [1.165, 1.54) is 53.5 Å². The highest BCUT2D eigenvalue weighted by Crippen LogP contribution is 2.12. The Labute approximate surface area is 164 Å². The number of rotatable bonds is 6. The molecule has 2 N–H and O–H groups in total. The van der Waals surface area contributed by atoms with Gasteiger partial charge in [0.2, 0.25) is 5.91 Å². The van der Waals surface area contributed by atoms with Crippen molar-refractivity contribution in [3.05, 3.63) is 83.9 Å². The molecule has 2 aromatic carbocycles. The first-order valence-corrected chi connectivity index (χ1v) is 8.60. The summed E-state index contributed by atoms with van der Waals surface area (Å²) >= 11 is 0. The molecule has 0 atom stereocenters. The summed E-state index contributed by atoms with van der Waals surface area (Å²) in [5.74, 6) is -2.39. The van der Waals surface area contributed by atoms with Crippen molar-refractivity contribution >= 4 is 17.6 Å². The second-order valence-electron chi connectivity index (χ2n) is 6.06. The molecular formula is C20H16F2N4O3. The van der Waals surface area contributed by atoms with Crippen LogP contribution in [0.25, 0.3) is 5.69 Å². The van der Waals surface area contributed by atoms with Crippen LogP contribution in [0.3, 0.4) is 0 Å². The largest absolute Gasteiger partial charge is 0.295 e. The molecule has 29 heavy (non-hydrogen) atoms. The summed E-state index contributed by atoms with van der Waals surface area (Å²) in [5, 5.41) is 0. The van der Waals surface area contributed by atoms with Crippen LogP contribution in [-0.2, 0) is 4.79 Å². The molecular weight excluding hydrogens is 382 g/mol. The Hall–Kier alpha value is -3.88. The van der Waals surface area contributed by atoms with E-state index < -0.39 is 23.4 Å². The zero-order chi connectivity index (χ0) is 20.8. The minimum absolute atomic E-state index is 0.0964. The van der Waals surface area contributed by atoms with Crippen molar-refractivity contribution in [1.82, 2.24) is 20.4 Å². The van der Waals surface area contributed by atoms with Gasteiger partial charge in [-0.25, -0.2) is 13.8 Å². The van der Waals surface area contributed by atoms with Crippen LogP contribution < -0.4 is 10.9 Å². The normalized spacial score (nSPS) is 10.4. The highest BCUT2D eigenvalue weighted by molar-refractivity contribution is 5.98. The van der Waals surface area contributed by atoms with Crippen LogP contribution in [0, 0.1) is 11.6 Å². The van der Waals surface area contributed by atoms with Gasteiger partial charge in [-0.1, -0.05) is 0 Å². The molecule has 2 amide bonds. The van der Waals surface area contributed by atoms with E-state index in [4.69, 9.17) is 0 Å². The maximum absolute atomic E-state index is 13.1. The highest BCUT2D eigenvalue weighted by Gasteiger charge is 2.15. The molecule has 0 bridgehead atoms. The van der Waals surface area contributed by atoms with E-state index in [-0.39, 0.29) is 24.3 Å². The number of nitrogens with zero attached hydrogens (tertiary/aromatic N) is 2. The van der Waals surface area contributed by atoms with Crippen LogP contribution >= 0.6 is 0 Å². The van der Waals surface area contributed by atoms with Crippen molar-refractivity contribution in [1.29, 1.82) is 0 Å². The number of hydrazine groups is 1. The number of ketones is 1. The van der Waals surface area contributed by atoms with Crippen molar-refractivity contribution in [3.63, 3.8) is 0 Å². The van der Waals surface area contributed by atoms with E-state index in [1.807, 2.05) is 0 Å². The summed E-state index contributed by atoms with van der Waals surface area (Å²) in [4.78, 5) is 40.1. The average Bonchev–Trinajstić information content (AvgIpc) is 3.21. The lowest BCUT2D eigenvalue weighted by Gasteiger charge is -2.10. The van der Waals surface area contributed by atoms with E-state index in [2.05, 4.69) is 15.8 Å². The topological polar surface area (TPSA) is 93.1 Å². The Kier molecular flexibility index (Phi) is 6.08. The van der Waals surface area contributed by atoms with E-state index >= 15 is 0 Å². The predicted molar refractivity (Wildman–Crippen MR) is 99.1 cm³/mol. The molecule has 0 aliphatic rings. The number of aromatic nitrogens is 2. The molecule has 0 saturated carbocycles. The van der Waals surface area contributed by atoms with Gasteiger partial charge < -0.3 is 0 Å². The summed E-state index contributed by atoms with van der Waals surface area (Å²) in [6.45, 7) is 0. The summed E-state index contributed by atoms with van der Waals surface area (Å²) in [6, 6.07) is 10.5. The van der Waals surface area contributed by atoms with Crippen molar-refractivity contribution in [2.75, 3.05) is 0 Å². The maximum Gasteiger partial charge on any atom is 0.288 e. The molecule has 0 saturated heterocycles. The number of carbonyl (C=O) groups is 3. The molecule has 1 aromatic heterocycles. The Balaban J connectivity index is 1.52. The van der Waals surface area contributed by atoms with Crippen molar-refractivity contribution in [3.8, 4) is 5.69 Å². The minimum Gasteiger partial charge on any atom is -0.295 e. The van der Waals surface area contributed by atoms with Gasteiger partial charge >= 0.3 is 0 Å². The number of halogens is 2. The van der Waals surface area contributed by atoms with Crippen LogP contribution in [0.4, 0.5) is 8.78 Å². The maximum atomic E-state index is 13.1. The Morgan fingerprint density at radius 1 is 0.862 bits per heavy atom. The molecule has 0 fully saturated rings. The number of hydrogen-bond acceptors (Lipinski definition) is 4. The van der Waals surface area contributed by atoms with E-state index in [9.17, 15) is 23.2 Å². The van der Waals surface area contributed by atoms with Crippen molar-refractivity contribution in [2.24, 2.45) is 0 Å². The van der Waals surface area contributed by atoms with Gasteiger partial charge in [-0.05, 0) is 48.5 Å². The zero-order valence-electron chi connectivity index (χ0n) is 15.1. The third kappa shape index (κ3) is 5.10. The molecule has 1 heterocycles. The van der Waals surface area contributed by atoms with Crippen LogP contribution in [0.1, 0.15) is 33.7 Å². The third-order valence-corrected chi connectivity index (χ3v) is 4.04. The van der Waals surface area contributed by atoms with Gasteiger partial charge in [0.15, 0.2) is 5.78 Å². The number of hydrogen-bond donors (Lipinski definition) is 2. The number of amides is 2. The highest BCUT2D eigenvalue weighted by atomic mass is 19.1. The van der Waals surface area contributed by atoms with Crippen LogP contribution in [0.2, 0.25) is 0 Å². The smallest absolute Gasteiger partial charge is 0.288 e. The minimum atomic E-state index is -0.634. The molecule has 0 unspecified atom stereocenters. The SMILES string of the molecule is O=C(CCC(=O)c1ccc(F)cc1)NNC(=O)c1cncn1-c1ccc(F)cc1. The number of Topliss-reactive ketones (excluding diaryl/α,β-unsaturated/α-hetero) is 1. The van der Waals surface area contributed by atoms with Gasteiger partial charge in [0.25, 0.3) is 5.91 Å². The lowest BCUT2D eigenvalue weighted by molar-refractivity contribution is -0.121. The van der Waals surface area contributed by atoms with Gasteiger partial charge in [-0.2, -0.15) is 0 Å². The van der Waals surface area contributed by atoms with Gasteiger partial charge in [-0.3, -0.25) is 29.8 Å². The lowest BCUT2D eigenvalue weighted by atomic mass is 10.1. The van der Waals surface area contributed by atoms with Gasteiger partial charge in [0, 0.05) is 24.1 Å². The lowest BCUT2D eigenvalue weighted by Crippen LogP contribution is -2.42. The van der Waals surface area contributed by atoms with Crippen LogP contribution in [-0.4, -0.2) is 27.1 Å². The molecule has 3 aromatic rings. The molecule has 0 aliphatic heterocycles. The fraction of sp³-hybridized carbons (Fsp3) is 0.100. The molecule has 3 rings (SSSR count). The number of carbonyl (C=O) groups excluding carboxylic acids is 3. The summed E-state index contributed by atoms with van der Waals surface area (Å²) in [5.41, 5.74) is 5.41. The average molecular weight is 398 g/mol.